The molecule has 20 heavy (non-hydrogen) atoms. The van der Waals surface area contributed by atoms with Gasteiger partial charge < -0.3 is 19.0 Å². The molecule has 0 aromatic rings. The van der Waals surface area contributed by atoms with E-state index in [1.165, 1.54) is 19.3 Å². The van der Waals surface area contributed by atoms with Crippen molar-refractivity contribution >= 4 is 14.3 Å². The number of aliphatic hydroxyl groups excluding tert-OH is 1. The van der Waals surface area contributed by atoms with Crippen LogP contribution in [0.25, 0.3) is 0 Å². The molecule has 0 fully saturated rings. The van der Waals surface area contributed by atoms with Gasteiger partial charge in [0.25, 0.3) is 0 Å². The highest BCUT2D eigenvalue weighted by Gasteiger charge is 2.40. The molecule has 6 heteroatoms. The van der Waals surface area contributed by atoms with Crippen LogP contribution in [0.4, 0.5) is 0 Å². The fraction of sp³-hybridized carbons (Fsp3) is 0.786. The summed E-state index contributed by atoms with van der Waals surface area (Å²) in [5, 5.41) is 10.3. The van der Waals surface area contributed by atoms with Crippen LogP contribution in [-0.2, 0) is 18.7 Å². The topological polar surface area (TPSA) is 65.0 Å². The van der Waals surface area contributed by atoms with E-state index in [0.29, 0.717) is 6.61 Å². The lowest BCUT2D eigenvalue weighted by Crippen LogP contribution is -2.48. The first-order valence-electron chi connectivity index (χ1n) is 6.86. The summed E-state index contributed by atoms with van der Waals surface area (Å²) in [5.41, 5.74) is 0. The van der Waals surface area contributed by atoms with Crippen molar-refractivity contribution in [2.75, 3.05) is 6.61 Å². The van der Waals surface area contributed by atoms with Crippen molar-refractivity contribution in [3.8, 4) is 0 Å². The number of hydrogen-bond donors (Lipinski definition) is 1. The number of rotatable bonds is 4. The van der Waals surface area contributed by atoms with Crippen molar-refractivity contribution in [3.63, 3.8) is 0 Å². The van der Waals surface area contributed by atoms with Crippen LogP contribution in [0, 0.1) is 0 Å². The van der Waals surface area contributed by atoms with Crippen LogP contribution in [0.2, 0.25) is 18.1 Å². The molecular formula is C14H26O5Si. The van der Waals surface area contributed by atoms with Crippen molar-refractivity contribution < 1.29 is 23.8 Å². The Kier molecular flexibility index (Phi) is 5.40. The van der Waals surface area contributed by atoms with Gasteiger partial charge in [-0.15, -0.1) is 0 Å². The van der Waals surface area contributed by atoms with Crippen molar-refractivity contribution in [2.45, 2.75) is 64.1 Å². The maximum Gasteiger partial charge on any atom is 0.303 e. The Morgan fingerprint density at radius 1 is 1.40 bits per heavy atom. The number of carbonyl (C=O) groups is 1. The molecule has 0 amide bonds. The molecule has 1 heterocycles. The molecule has 5 nitrogen and oxygen atoms in total. The highest BCUT2D eigenvalue weighted by molar-refractivity contribution is 6.74. The minimum absolute atomic E-state index is 0.0950. The quantitative estimate of drug-likeness (QED) is 0.637. The number of ether oxygens (including phenoxy) is 2. The van der Waals surface area contributed by atoms with Crippen LogP contribution in [0.15, 0.2) is 12.3 Å². The molecule has 0 radical (unpaired) electrons. The third-order valence-electron chi connectivity index (χ3n) is 3.96. The van der Waals surface area contributed by atoms with Gasteiger partial charge in [0.2, 0.25) is 0 Å². The molecule has 1 aliphatic rings. The van der Waals surface area contributed by atoms with E-state index in [2.05, 4.69) is 33.9 Å². The Balaban J connectivity index is 2.61. The lowest BCUT2D eigenvalue weighted by molar-refractivity contribution is -0.156. The zero-order valence-electron chi connectivity index (χ0n) is 13.2. The van der Waals surface area contributed by atoms with Gasteiger partial charge in [-0.2, -0.15) is 0 Å². The summed E-state index contributed by atoms with van der Waals surface area (Å²) in [6.07, 6.45) is 0.899. The van der Waals surface area contributed by atoms with E-state index in [1.54, 1.807) is 0 Å². The third-order valence-corrected chi connectivity index (χ3v) is 8.46. The van der Waals surface area contributed by atoms with E-state index in [1.807, 2.05) is 0 Å². The summed E-state index contributed by atoms with van der Waals surface area (Å²) in [5.74, 6) is -0.426. The first-order valence-corrected chi connectivity index (χ1v) is 9.77. The molecule has 0 spiro atoms. The molecule has 0 unspecified atom stereocenters. The van der Waals surface area contributed by atoms with Crippen LogP contribution in [0.1, 0.15) is 27.7 Å². The molecule has 1 aliphatic heterocycles. The van der Waals surface area contributed by atoms with Gasteiger partial charge >= 0.3 is 5.97 Å². The fourth-order valence-electron chi connectivity index (χ4n) is 1.58. The van der Waals surface area contributed by atoms with Gasteiger partial charge in [0.1, 0.15) is 12.2 Å². The number of esters is 1. The highest BCUT2D eigenvalue weighted by Crippen LogP contribution is 2.36. The van der Waals surface area contributed by atoms with Gasteiger partial charge in [-0.1, -0.05) is 20.8 Å². The minimum Gasteiger partial charge on any atom is -0.493 e. The first-order chi connectivity index (χ1) is 9.04. The molecule has 0 aromatic carbocycles. The van der Waals surface area contributed by atoms with Crippen LogP contribution in [0.3, 0.4) is 0 Å². The Morgan fingerprint density at radius 2 is 2.00 bits per heavy atom. The summed E-state index contributed by atoms with van der Waals surface area (Å²) in [4.78, 5) is 11.0. The second kappa shape index (κ2) is 6.28. The van der Waals surface area contributed by atoms with Gasteiger partial charge in [-0.3, -0.25) is 4.79 Å². The van der Waals surface area contributed by atoms with Crippen LogP contribution in [0.5, 0.6) is 0 Å². The second-order valence-corrected chi connectivity index (χ2v) is 11.4. The van der Waals surface area contributed by atoms with E-state index >= 15 is 0 Å². The number of carbonyl (C=O) groups excluding carboxylic acids is 1. The molecule has 0 aromatic heterocycles. The maximum atomic E-state index is 11.0. The Morgan fingerprint density at radius 3 is 2.50 bits per heavy atom. The molecule has 1 N–H and O–H groups in total. The predicted molar refractivity (Wildman–Crippen MR) is 78.7 cm³/mol. The maximum absolute atomic E-state index is 11.0. The standard InChI is InChI=1S/C14H26O5Si/c1-10(15)19-11-7-8-17-12(13(11)16)9-18-20(5,6)14(2,3)4/h7-8,11-13,16H,9H2,1-6H3/t11-,12-,13+/m1/s1. The summed E-state index contributed by atoms with van der Waals surface area (Å²) >= 11 is 0. The molecule has 0 saturated heterocycles. The Labute approximate surface area is 122 Å². The van der Waals surface area contributed by atoms with Gasteiger partial charge in [0.15, 0.2) is 14.4 Å². The smallest absolute Gasteiger partial charge is 0.303 e. The van der Waals surface area contributed by atoms with Crippen molar-refractivity contribution in [2.24, 2.45) is 0 Å². The van der Waals surface area contributed by atoms with Gasteiger partial charge in [-0.25, -0.2) is 0 Å². The summed E-state index contributed by atoms with van der Waals surface area (Å²) in [6.45, 7) is 12.3. The third kappa shape index (κ3) is 4.33. The number of hydrogen-bond acceptors (Lipinski definition) is 5. The second-order valence-electron chi connectivity index (χ2n) is 6.64. The largest absolute Gasteiger partial charge is 0.493 e. The molecule has 1 rings (SSSR count). The van der Waals surface area contributed by atoms with E-state index in [4.69, 9.17) is 13.9 Å². The average Bonchev–Trinajstić information content (AvgIpc) is 2.28. The van der Waals surface area contributed by atoms with E-state index in [-0.39, 0.29) is 5.04 Å². The van der Waals surface area contributed by atoms with Crippen LogP contribution in [-0.4, -0.2) is 44.3 Å². The predicted octanol–water partition coefficient (Wildman–Crippen LogP) is 2.21. The zero-order chi connectivity index (χ0) is 15.6. The summed E-state index contributed by atoms with van der Waals surface area (Å²) < 4.78 is 16.5. The summed E-state index contributed by atoms with van der Waals surface area (Å²) in [7, 11) is -1.90. The SMILES string of the molecule is CC(=O)O[C@@H]1C=CO[C@H](CO[Si](C)(C)C(C)(C)C)[C@H]1O. The lowest BCUT2D eigenvalue weighted by atomic mass is 10.1. The molecule has 0 bridgehead atoms. The van der Waals surface area contributed by atoms with Gasteiger partial charge in [-0.05, 0) is 24.2 Å². The average molecular weight is 302 g/mol. The van der Waals surface area contributed by atoms with Crippen LogP contribution < -0.4 is 0 Å². The summed E-state index contributed by atoms with van der Waals surface area (Å²) in [6, 6.07) is 0. The zero-order valence-corrected chi connectivity index (χ0v) is 14.2. The molecule has 0 saturated carbocycles. The fourth-order valence-corrected chi connectivity index (χ4v) is 2.59. The van der Waals surface area contributed by atoms with Crippen molar-refractivity contribution in [1.29, 1.82) is 0 Å². The Hall–Kier alpha value is -0.853. The highest BCUT2D eigenvalue weighted by atomic mass is 28.4. The number of aliphatic hydroxyl groups is 1. The Bertz CT molecular complexity index is 372. The first kappa shape index (κ1) is 17.2. The van der Waals surface area contributed by atoms with Crippen molar-refractivity contribution in [3.05, 3.63) is 12.3 Å². The van der Waals surface area contributed by atoms with Crippen LogP contribution >= 0.6 is 0 Å². The molecule has 0 aliphatic carbocycles. The van der Waals surface area contributed by atoms with Gasteiger partial charge in [0.05, 0.1) is 12.9 Å². The molecule has 3 atom stereocenters. The minimum atomic E-state index is -1.90. The van der Waals surface area contributed by atoms with E-state index in [9.17, 15) is 9.90 Å². The van der Waals surface area contributed by atoms with Crippen molar-refractivity contribution in [1.82, 2.24) is 0 Å². The van der Waals surface area contributed by atoms with E-state index in [0.717, 1.165) is 0 Å². The normalized spacial score (nSPS) is 27.1. The molecule has 116 valence electrons. The molecular weight excluding hydrogens is 276 g/mol. The van der Waals surface area contributed by atoms with Gasteiger partial charge in [0, 0.05) is 6.92 Å². The van der Waals surface area contributed by atoms with E-state index < -0.39 is 32.6 Å². The monoisotopic (exact) mass is 302 g/mol. The lowest BCUT2D eigenvalue weighted by Gasteiger charge is -2.38.